The number of anilines is 1. The van der Waals surface area contributed by atoms with Gasteiger partial charge in [-0.15, -0.1) is 0 Å². The second kappa shape index (κ2) is 10.1. The van der Waals surface area contributed by atoms with Crippen LogP contribution >= 0.6 is 0 Å². The van der Waals surface area contributed by atoms with E-state index in [2.05, 4.69) is 15.4 Å². The number of carbonyl (C=O) groups is 2. The van der Waals surface area contributed by atoms with Crippen LogP contribution in [0.25, 0.3) is 6.08 Å². The van der Waals surface area contributed by atoms with Crippen molar-refractivity contribution < 1.29 is 27.8 Å². The molecule has 0 radical (unpaired) electrons. The first-order valence-corrected chi connectivity index (χ1v) is 8.43. The Kier molecular flexibility index (Phi) is 7.50. The molecular weight excluding hydrogens is 370 g/mol. The predicted octanol–water partition coefficient (Wildman–Crippen LogP) is 3.70. The smallest absolute Gasteiger partial charge is 0.387 e. The van der Waals surface area contributed by atoms with Crippen LogP contribution < -0.4 is 20.1 Å². The Balaban J connectivity index is 2.06. The number of hydrogen-bond donors (Lipinski definition) is 2. The Morgan fingerprint density at radius 1 is 1.14 bits per heavy atom. The highest BCUT2D eigenvalue weighted by Gasteiger charge is 2.10. The highest BCUT2D eigenvalue weighted by atomic mass is 19.3. The topological polar surface area (TPSA) is 76.7 Å². The van der Waals surface area contributed by atoms with E-state index in [0.29, 0.717) is 23.4 Å². The van der Waals surface area contributed by atoms with Gasteiger partial charge in [0.1, 0.15) is 0 Å². The van der Waals surface area contributed by atoms with E-state index in [-0.39, 0.29) is 17.4 Å². The summed E-state index contributed by atoms with van der Waals surface area (Å²) in [5.41, 5.74) is 1.46. The summed E-state index contributed by atoms with van der Waals surface area (Å²) in [6, 6.07) is 10.8. The molecule has 0 fully saturated rings. The molecule has 0 saturated heterocycles. The molecule has 2 aromatic carbocycles. The minimum atomic E-state index is -2.96. The van der Waals surface area contributed by atoms with Gasteiger partial charge < -0.3 is 20.1 Å². The molecule has 0 bridgehead atoms. The first-order valence-electron chi connectivity index (χ1n) is 8.43. The summed E-state index contributed by atoms with van der Waals surface area (Å²) in [6.45, 7) is -0.644. The van der Waals surface area contributed by atoms with Crippen LogP contribution in [0, 0.1) is 0 Å². The summed E-state index contributed by atoms with van der Waals surface area (Å²) in [6.07, 6.45) is 2.78. The molecule has 0 atom stereocenters. The number of carbonyl (C=O) groups excluding carboxylic acids is 2. The number of halogens is 2. The fraction of sp³-hybridized carbons (Fsp3) is 0.200. The third-order valence-electron chi connectivity index (χ3n) is 3.56. The summed E-state index contributed by atoms with van der Waals surface area (Å²) in [5, 5.41) is 5.34. The van der Waals surface area contributed by atoms with Gasteiger partial charge in [-0.1, -0.05) is 12.1 Å². The molecule has 2 rings (SSSR count). The first kappa shape index (κ1) is 20.9. The van der Waals surface area contributed by atoms with Gasteiger partial charge in [0.2, 0.25) is 5.91 Å². The largest absolute Gasteiger partial charge is 0.493 e. The lowest BCUT2D eigenvalue weighted by Crippen LogP contribution is -2.22. The summed E-state index contributed by atoms with van der Waals surface area (Å²) < 4.78 is 34.1. The normalized spacial score (nSPS) is 10.8. The minimum Gasteiger partial charge on any atom is -0.493 e. The maximum atomic E-state index is 12.3. The van der Waals surface area contributed by atoms with Crippen molar-refractivity contribution in [2.75, 3.05) is 19.0 Å². The molecule has 0 aliphatic carbocycles. The zero-order valence-electron chi connectivity index (χ0n) is 15.4. The monoisotopic (exact) mass is 390 g/mol. The average molecular weight is 390 g/mol. The van der Waals surface area contributed by atoms with Crippen molar-refractivity contribution in [1.82, 2.24) is 5.32 Å². The van der Waals surface area contributed by atoms with Gasteiger partial charge in [-0.05, 0) is 48.9 Å². The SMILES string of the molecule is CCNC(=O)c1cccc(NC(=O)/C=C/c2ccc(OC(F)F)c(OC)c2)c1. The van der Waals surface area contributed by atoms with Crippen LogP contribution in [-0.4, -0.2) is 32.1 Å². The van der Waals surface area contributed by atoms with E-state index < -0.39 is 12.5 Å². The van der Waals surface area contributed by atoms with Crippen molar-refractivity contribution in [1.29, 1.82) is 0 Å². The van der Waals surface area contributed by atoms with E-state index in [1.165, 1.54) is 37.5 Å². The van der Waals surface area contributed by atoms with Crippen molar-refractivity contribution in [2.24, 2.45) is 0 Å². The molecule has 0 spiro atoms. The number of amides is 2. The average Bonchev–Trinajstić information content (AvgIpc) is 2.67. The van der Waals surface area contributed by atoms with E-state index in [4.69, 9.17) is 4.74 Å². The molecule has 2 N–H and O–H groups in total. The molecule has 8 heteroatoms. The minimum absolute atomic E-state index is 0.0960. The van der Waals surface area contributed by atoms with Gasteiger partial charge in [-0.25, -0.2) is 0 Å². The number of ether oxygens (including phenoxy) is 2. The molecule has 148 valence electrons. The maximum Gasteiger partial charge on any atom is 0.387 e. The molecule has 2 aromatic rings. The zero-order chi connectivity index (χ0) is 20.5. The second-order valence-electron chi connectivity index (χ2n) is 5.55. The quantitative estimate of drug-likeness (QED) is 0.674. The van der Waals surface area contributed by atoms with Gasteiger partial charge in [0.05, 0.1) is 7.11 Å². The molecule has 0 aliphatic heterocycles. The lowest BCUT2D eigenvalue weighted by Gasteiger charge is -2.10. The molecule has 0 unspecified atom stereocenters. The van der Waals surface area contributed by atoms with Gasteiger partial charge in [0, 0.05) is 23.9 Å². The standard InChI is InChI=1S/C20H20F2N2O4/c1-3-23-19(26)14-5-4-6-15(12-14)24-18(25)10-8-13-7-9-16(28-20(21)22)17(11-13)27-2/h4-12,20H,3H2,1-2H3,(H,23,26)(H,24,25)/b10-8+. The summed E-state index contributed by atoms with van der Waals surface area (Å²) in [7, 11) is 1.33. The van der Waals surface area contributed by atoms with Crippen molar-refractivity contribution in [3.63, 3.8) is 0 Å². The number of alkyl halides is 2. The van der Waals surface area contributed by atoms with Gasteiger partial charge in [0.25, 0.3) is 5.91 Å². The number of methoxy groups -OCH3 is 1. The number of nitrogens with one attached hydrogen (secondary N) is 2. The number of rotatable bonds is 8. The van der Waals surface area contributed by atoms with Crippen molar-refractivity contribution in [3.05, 3.63) is 59.7 Å². The molecule has 0 aromatic heterocycles. The Morgan fingerprint density at radius 3 is 2.61 bits per heavy atom. The summed E-state index contributed by atoms with van der Waals surface area (Å²) >= 11 is 0. The molecular formula is C20H20F2N2O4. The number of hydrogen-bond acceptors (Lipinski definition) is 4. The molecule has 0 heterocycles. The van der Waals surface area contributed by atoms with Crippen LogP contribution in [-0.2, 0) is 4.79 Å². The zero-order valence-corrected chi connectivity index (χ0v) is 15.4. The Bertz CT molecular complexity index is 869. The third-order valence-corrected chi connectivity index (χ3v) is 3.56. The predicted molar refractivity (Wildman–Crippen MR) is 102 cm³/mol. The lowest BCUT2D eigenvalue weighted by atomic mass is 10.1. The molecule has 0 aliphatic rings. The number of benzene rings is 2. The van der Waals surface area contributed by atoms with Gasteiger partial charge in [-0.3, -0.25) is 9.59 Å². The Hall–Kier alpha value is -3.42. The van der Waals surface area contributed by atoms with Crippen LogP contribution in [0.1, 0.15) is 22.8 Å². The Morgan fingerprint density at radius 2 is 1.93 bits per heavy atom. The molecule has 0 saturated carbocycles. The van der Waals surface area contributed by atoms with E-state index >= 15 is 0 Å². The van der Waals surface area contributed by atoms with Crippen molar-refractivity contribution in [3.8, 4) is 11.5 Å². The summed E-state index contributed by atoms with van der Waals surface area (Å²) in [5.74, 6) is -0.619. The summed E-state index contributed by atoms with van der Waals surface area (Å²) in [4.78, 5) is 23.9. The van der Waals surface area contributed by atoms with Crippen LogP contribution in [0.5, 0.6) is 11.5 Å². The third kappa shape index (κ3) is 6.08. The van der Waals surface area contributed by atoms with E-state index in [1.807, 2.05) is 6.92 Å². The van der Waals surface area contributed by atoms with Crippen LogP contribution in [0.4, 0.5) is 14.5 Å². The highest BCUT2D eigenvalue weighted by molar-refractivity contribution is 6.03. The van der Waals surface area contributed by atoms with Crippen LogP contribution in [0.15, 0.2) is 48.5 Å². The highest BCUT2D eigenvalue weighted by Crippen LogP contribution is 2.29. The van der Waals surface area contributed by atoms with Gasteiger partial charge >= 0.3 is 6.61 Å². The van der Waals surface area contributed by atoms with E-state index in [9.17, 15) is 18.4 Å². The first-order chi connectivity index (χ1) is 13.4. The van der Waals surface area contributed by atoms with Crippen LogP contribution in [0.3, 0.4) is 0 Å². The second-order valence-corrected chi connectivity index (χ2v) is 5.55. The van der Waals surface area contributed by atoms with Gasteiger partial charge in [0.15, 0.2) is 11.5 Å². The van der Waals surface area contributed by atoms with E-state index in [0.717, 1.165) is 0 Å². The molecule has 28 heavy (non-hydrogen) atoms. The maximum absolute atomic E-state index is 12.3. The lowest BCUT2D eigenvalue weighted by molar-refractivity contribution is -0.111. The fourth-order valence-corrected chi connectivity index (χ4v) is 2.34. The van der Waals surface area contributed by atoms with E-state index in [1.54, 1.807) is 24.3 Å². The fourth-order valence-electron chi connectivity index (χ4n) is 2.34. The molecule has 2 amide bonds. The Labute approximate surface area is 161 Å². The van der Waals surface area contributed by atoms with Gasteiger partial charge in [-0.2, -0.15) is 8.78 Å². The van der Waals surface area contributed by atoms with Crippen molar-refractivity contribution in [2.45, 2.75) is 13.5 Å². The molecule has 6 nitrogen and oxygen atoms in total. The van der Waals surface area contributed by atoms with Crippen molar-refractivity contribution >= 4 is 23.6 Å². The van der Waals surface area contributed by atoms with Crippen LogP contribution in [0.2, 0.25) is 0 Å².